The molecule has 0 atom stereocenters. The number of hydrogen-bond acceptors (Lipinski definition) is 7. The standard InChI is InChI=1S/C27H26ClN5O4S/c1-37-24-15-21(27(34)33-12-10-32(11-13-33)18-19-14-22(28)17-29-16-19)7-8-23(24)31-38(35,36)25-6-2-4-20-5-3-9-30-26(20)25/h2-9,14-17,31H,10-13,18H2,1H3. The molecule has 2 aromatic carbocycles. The fourth-order valence-electron chi connectivity index (χ4n) is 4.49. The molecule has 1 N–H and O–H groups in total. The zero-order valence-corrected chi connectivity index (χ0v) is 22.2. The first-order valence-corrected chi connectivity index (χ1v) is 13.9. The number of halogens is 1. The third-order valence-electron chi connectivity index (χ3n) is 6.41. The summed E-state index contributed by atoms with van der Waals surface area (Å²) in [5.41, 5.74) is 2.06. The number of ether oxygens (including phenoxy) is 1. The highest BCUT2D eigenvalue weighted by Gasteiger charge is 2.25. The lowest BCUT2D eigenvalue weighted by molar-refractivity contribution is 0.0628. The second-order valence-electron chi connectivity index (χ2n) is 8.93. The first kappa shape index (κ1) is 25.9. The number of carbonyl (C=O) groups excluding carboxylic acids is 1. The summed E-state index contributed by atoms with van der Waals surface area (Å²) in [5.74, 6) is 0.111. The molecule has 0 aliphatic carbocycles. The number of rotatable bonds is 7. The Morgan fingerprint density at radius 3 is 2.61 bits per heavy atom. The molecule has 1 amide bonds. The van der Waals surface area contributed by atoms with Gasteiger partial charge in [0, 0.05) is 62.3 Å². The topological polar surface area (TPSA) is 105 Å². The molecule has 11 heteroatoms. The summed E-state index contributed by atoms with van der Waals surface area (Å²) in [6, 6.07) is 15.1. The van der Waals surface area contributed by atoms with Crippen LogP contribution in [0.25, 0.3) is 10.9 Å². The van der Waals surface area contributed by atoms with Crippen LogP contribution in [0.3, 0.4) is 0 Å². The van der Waals surface area contributed by atoms with Gasteiger partial charge in [-0.25, -0.2) is 8.42 Å². The summed E-state index contributed by atoms with van der Waals surface area (Å²) >= 11 is 6.04. The second-order valence-corrected chi connectivity index (χ2v) is 11.0. The van der Waals surface area contributed by atoms with E-state index in [9.17, 15) is 13.2 Å². The van der Waals surface area contributed by atoms with Crippen molar-refractivity contribution in [2.45, 2.75) is 11.4 Å². The third kappa shape index (κ3) is 5.57. The van der Waals surface area contributed by atoms with E-state index < -0.39 is 10.0 Å². The molecule has 0 spiro atoms. The molecule has 3 heterocycles. The number of nitrogens with zero attached hydrogens (tertiary/aromatic N) is 4. The number of aromatic nitrogens is 2. The lowest BCUT2D eigenvalue weighted by atomic mass is 10.1. The molecule has 0 radical (unpaired) electrons. The monoisotopic (exact) mass is 551 g/mol. The average molecular weight is 552 g/mol. The van der Waals surface area contributed by atoms with Gasteiger partial charge >= 0.3 is 0 Å². The molecule has 1 saturated heterocycles. The summed E-state index contributed by atoms with van der Waals surface area (Å²) < 4.78 is 34.5. The number of sulfonamides is 1. The molecule has 1 aliphatic heterocycles. The van der Waals surface area contributed by atoms with Gasteiger partial charge in [0.05, 0.1) is 23.3 Å². The van der Waals surface area contributed by atoms with E-state index >= 15 is 0 Å². The van der Waals surface area contributed by atoms with E-state index in [1.165, 1.54) is 13.2 Å². The summed E-state index contributed by atoms with van der Waals surface area (Å²) in [5, 5.41) is 1.32. The Hall–Kier alpha value is -3.73. The van der Waals surface area contributed by atoms with Crippen LogP contribution in [-0.4, -0.2) is 67.4 Å². The van der Waals surface area contributed by atoms with Crippen molar-refractivity contribution in [1.82, 2.24) is 19.8 Å². The number of amides is 1. The molecule has 9 nitrogen and oxygen atoms in total. The normalized spacial score (nSPS) is 14.4. The van der Waals surface area contributed by atoms with Crippen molar-refractivity contribution in [3.63, 3.8) is 0 Å². The molecular weight excluding hydrogens is 526 g/mol. The fraction of sp³-hybridized carbons (Fsp3) is 0.222. The van der Waals surface area contributed by atoms with Gasteiger partial charge in [-0.2, -0.15) is 0 Å². The fourth-order valence-corrected chi connectivity index (χ4v) is 5.94. The van der Waals surface area contributed by atoms with Crippen molar-refractivity contribution in [3.8, 4) is 5.75 Å². The van der Waals surface area contributed by atoms with E-state index in [0.717, 1.165) is 5.56 Å². The SMILES string of the molecule is COc1cc(C(=O)N2CCN(Cc3cncc(Cl)c3)CC2)ccc1NS(=O)(=O)c1cccc2cccnc12. The van der Waals surface area contributed by atoms with Gasteiger partial charge < -0.3 is 9.64 Å². The first-order valence-electron chi connectivity index (χ1n) is 12.0. The van der Waals surface area contributed by atoms with Crippen LogP contribution in [-0.2, 0) is 16.6 Å². The van der Waals surface area contributed by atoms with Crippen LogP contribution in [0.1, 0.15) is 15.9 Å². The van der Waals surface area contributed by atoms with Crippen LogP contribution in [0.4, 0.5) is 5.69 Å². The quantitative estimate of drug-likeness (QED) is 0.369. The van der Waals surface area contributed by atoms with E-state index in [4.69, 9.17) is 16.3 Å². The van der Waals surface area contributed by atoms with E-state index in [0.29, 0.717) is 54.2 Å². The summed E-state index contributed by atoms with van der Waals surface area (Å²) in [7, 11) is -2.53. The molecule has 196 valence electrons. The largest absolute Gasteiger partial charge is 0.495 e. The van der Waals surface area contributed by atoms with Gasteiger partial charge in [-0.3, -0.25) is 24.4 Å². The molecule has 2 aromatic heterocycles. The van der Waals surface area contributed by atoms with Crippen LogP contribution < -0.4 is 9.46 Å². The lowest BCUT2D eigenvalue weighted by Crippen LogP contribution is -2.48. The maximum absolute atomic E-state index is 13.2. The third-order valence-corrected chi connectivity index (χ3v) is 8.01. The Balaban J connectivity index is 1.28. The van der Waals surface area contributed by atoms with Crippen LogP contribution in [0.15, 0.2) is 78.1 Å². The van der Waals surface area contributed by atoms with E-state index in [1.807, 2.05) is 6.07 Å². The maximum Gasteiger partial charge on any atom is 0.264 e. The van der Waals surface area contributed by atoms with Crippen LogP contribution in [0.5, 0.6) is 5.75 Å². The predicted molar refractivity (Wildman–Crippen MR) is 146 cm³/mol. The minimum absolute atomic E-state index is 0.0595. The summed E-state index contributed by atoms with van der Waals surface area (Å²) in [6.07, 6.45) is 4.95. The Bertz CT molecular complexity index is 1580. The second kappa shape index (κ2) is 10.9. The highest BCUT2D eigenvalue weighted by atomic mass is 35.5. The Kier molecular flexibility index (Phi) is 7.46. The van der Waals surface area contributed by atoms with E-state index in [2.05, 4.69) is 19.6 Å². The van der Waals surface area contributed by atoms with Gasteiger partial charge in [-0.1, -0.05) is 29.8 Å². The van der Waals surface area contributed by atoms with Crippen molar-refractivity contribution in [2.24, 2.45) is 0 Å². The highest BCUT2D eigenvalue weighted by Crippen LogP contribution is 2.30. The van der Waals surface area contributed by atoms with Gasteiger partial charge in [0.1, 0.15) is 10.6 Å². The molecule has 0 bridgehead atoms. The Morgan fingerprint density at radius 2 is 1.84 bits per heavy atom. The van der Waals surface area contributed by atoms with Crippen LogP contribution in [0, 0.1) is 0 Å². The lowest BCUT2D eigenvalue weighted by Gasteiger charge is -2.34. The number of pyridine rings is 2. The number of hydrogen-bond donors (Lipinski definition) is 1. The number of carbonyl (C=O) groups is 1. The van der Waals surface area contributed by atoms with Gasteiger partial charge in [-0.15, -0.1) is 0 Å². The van der Waals surface area contributed by atoms with Crippen molar-refractivity contribution in [3.05, 3.63) is 89.3 Å². The Labute approximate surface area is 226 Å². The first-order chi connectivity index (χ1) is 18.3. The minimum Gasteiger partial charge on any atom is -0.495 e. The van der Waals surface area contributed by atoms with E-state index in [1.54, 1.807) is 66.0 Å². The number of para-hydroxylation sites is 1. The van der Waals surface area contributed by atoms with Crippen molar-refractivity contribution in [1.29, 1.82) is 0 Å². The molecule has 0 saturated carbocycles. The molecular formula is C27H26ClN5O4S. The number of fused-ring (bicyclic) bond motifs is 1. The van der Waals surface area contributed by atoms with Gasteiger partial charge in [0.15, 0.2) is 0 Å². The number of methoxy groups -OCH3 is 1. The molecule has 4 aromatic rings. The van der Waals surface area contributed by atoms with Crippen LogP contribution in [0.2, 0.25) is 5.02 Å². The maximum atomic E-state index is 13.2. The predicted octanol–water partition coefficient (Wildman–Crippen LogP) is 4.05. The summed E-state index contributed by atoms with van der Waals surface area (Å²) in [6.45, 7) is 3.28. The molecule has 38 heavy (non-hydrogen) atoms. The zero-order valence-electron chi connectivity index (χ0n) is 20.7. The van der Waals surface area contributed by atoms with Gasteiger partial charge in [-0.05, 0) is 42.0 Å². The number of anilines is 1. The molecule has 0 unspecified atom stereocenters. The minimum atomic E-state index is -3.97. The van der Waals surface area contributed by atoms with Gasteiger partial charge in [0.2, 0.25) is 0 Å². The number of piperazine rings is 1. The van der Waals surface area contributed by atoms with Crippen molar-refractivity contribution < 1.29 is 17.9 Å². The molecule has 1 aliphatic rings. The average Bonchev–Trinajstić information content (AvgIpc) is 2.93. The van der Waals surface area contributed by atoms with Crippen LogP contribution >= 0.6 is 11.6 Å². The molecule has 1 fully saturated rings. The number of nitrogens with one attached hydrogen (secondary N) is 1. The van der Waals surface area contributed by atoms with Crippen molar-refractivity contribution in [2.75, 3.05) is 38.0 Å². The zero-order chi connectivity index (χ0) is 26.7. The van der Waals surface area contributed by atoms with E-state index in [-0.39, 0.29) is 22.2 Å². The van der Waals surface area contributed by atoms with Gasteiger partial charge in [0.25, 0.3) is 15.9 Å². The molecule has 5 rings (SSSR count). The van der Waals surface area contributed by atoms with Crippen molar-refractivity contribution >= 4 is 44.1 Å². The Morgan fingerprint density at radius 1 is 1.05 bits per heavy atom. The highest BCUT2D eigenvalue weighted by molar-refractivity contribution is 7.93. The number of benzene rings is 2. The summed E-state index contributed by atoms with van der Waals surface area (Å²) in [4.78, 5) is 25.7. The smallest absolute Gasteiger partial charge is 0.264 e.